The van der Waals surface area contributed by atoms with E-state index in [-0.39, 0.29) is 0 Å². The number of hydrogen-bond acceptors (Lipinski definition) is 2. The summed E-state index contributed by atoms with van der Waals surface area (Å²) >= 11 is 0. The molecule has 0 atom stereocenters. The molecule has 0 aliphatic carbocycles. The SMILES string of the molecule is C=C(C)/C=C(/C)ON. The largest absolute Gasteiger partial charge is 0.416 e. The van der Waals surface area contributed by atoms with Gasteiger partial charge in [-0.1, -0.05) is 12.2 Å². The number of rotatable bonds is 2. The number of hydrogen-bond donors (Lipinski definition) is 1. The summed E-state index contributed by atoms with van der Waals surface area (Å²) in [6.45, 7) is 7.28. The summed E-state index contributed by atoms with van der Waals surface area (Å²) in [7, 11) is 0. The third-order valence-electron chi connectivity index (χ3n) is 0.636. The summed E-state index contributed by atoms with van der Waals surface area (Å²) in [4.78, 5) is 4.36. The molecule has 0 aliphatic heterocycles. The van der Waals surface area contributed by atoms with Gasteiger partial charge in [0.25, 0.3) is 0 Å². The van der Waals surface area contributed by atoms with Crippen LogP contribution in [-0.4, -0.2) is 0 Å². The third kappa shape index (κ3) is 3.43. The lowest BCUT2D eigenvalue weighted by atomic mass is 10.3. The molecular weight excluding hydrogens is 102 g/mol. The molecule has 2 nitrogen and oxygen atoms in total. The molecule has 0 aromatic carbocycles. The van der Waals surface area contributed by atoms with Gasteiger partial charge in [0.1, 0.15) is 5.76 Å². The zero-order valence-electron chi connectivity index (χ0n) is 5.27. The van der Waals surface area contributed by atoms with Gasteiger partial charge in [-0.15, -0.1) is 0 Å². The molecule has 0 heterocycles. The first kappa shape index (κ1) is 7.24. The molecule has 0 spiro atoms. The first-order chi connectivity index (χ1) is 3.66. The molecule has 0 saturated carbocycles. The Balaban J connectivity index is 3.75. The molecule has 2 N–H and O–H groups in total. The Labute approximate surface area is 49.6 Å². The van der Waals surface area contributed by atoms with Gasteiger partial charge in [0, 0.05) is 0 Å². The average molecular weight is 113 g/mol. The fourth-order valence-electron chi connectivity index (χ4n) is 0.381. The summed E-state index contributed by atoms with van der Waals surface area (Å²) in [5, 5.41) is 0. The van der Waals surface area contributed by atoms with Gasteiger partial charge in [0.2, 0.25) is 0 Å². The Morgan fingerprint density at radius 1 is 1.62 bits per heavy atom. The standard InChI is InChI=1S/C6H11NO/c1-5(2)4-6(3)8-7/h4H,1,7H2,2-3H3/b6-4-. The Morgan fingerprint density at radius 2 is 2.12 bits per heavy atom. The lowest BCUT2D eigenvalue weighted by Crippen LogP contribution is -1.94. The van der Waals surface area contributed by atoms with Gasteiger partial charge in [-0.2, -0.15) is 5.90 Å². The lowest BCUT2D eigenvalue weighted by Gasteiger charge is -1.94. The first-order valence-corrected chi connectivity index (χ1v) is 2.37. The van der Waals surface area contributed by atoms with Crippen molar-refractivity contribution in [2.24, 2.45) is 5.90 Å². The molecule has 0 aliphatic rings. The first-order valence-electron chi connectivity index (χ1n) is 2.37. The molecule has 0 bridgehead atoms. The van der Waals surface area contributed by atoms with Gasteiger partial charge in [-0.05, 0) is 19.9 Å². The molecule has 0 unspecified atom stereocenters. The molecule has 0 aromatic heterocycles. The second kappa shape index (κ2) is 3.27. The topological polar surface area (TPSA) is 35.2 Å². The van der Waals surface area contributed by atoms with Crippen LogP contribution in [0.5, 0.6) is 0 Å². The highest BCUT2D eigenvalue weighted by Gasteiger charge is 1.82. The summed E-state index contributed by atoms with van der Waals surface area (Å²) in [6.07, 6.45) is 1.76. The molecule has 8 heavy (non-hydrogen) atoms. The average Bonchev–Trinajstić information content (AvgIpc) is 1.65. The van der Waals surface area contributed by atoms with E-state index in [0.29, 0.717) is 5.76 Å². The van der Waals surface area contributed by atoms with Crippen LogP contribution >= 0.6 is 0 Å². The highest BCUT2D eigenvalue weighted by atomic mass is 16.6. The summed E-state index contributed by atoms with van der Waals surface area (Å²) in [5.74, 6) is 5.49. The van der Waals surface area contributed by atoms with Crippen molar-refractivity contribution in [2.75, 3.05) is 0 Å². The predicted octanol–water partition coefficient (Wildman–Crippen LogP) is 1.36. The van der Waals surface area contributed by atoms with Gasteiger partial charge in [0.15, 0.2) is 0 Å². The Kier molecular flexibility index (Phi) is 2.96. The maximum Gasteiger partial charge on any atom is 0.121 e. The monoisotopic (exact) mass is 113 g/mol. The van der Waals surface area contributed by atoms with E-state index in [1.807, 2.05) is 6.92 Å². The van der Waals surface area contributed by atoms with Crippen LogP contribution in [-0.2, 0) is 4.84 Å². The summed E-state index contributed by atoms with van der Waals surface area (Å²) in [6, 6.07) is 0. The normalized spacial score (nSPS) is 11.1. The van der Waals surface area contributed by atoms with E-state index >= 15 is 0 Å². The quantitative estimate of drug-likeness (QED) is 0.333. The Bertz CT molecular complexity index is 116. The zero-order chi connectivity index (χ0) is 6.57. The fraction of sp³-hybridized carbons (Fsp3) is 0.333. The van der Waals surface area contributed by atoms with Gasteiger partial charge in [0.05, 0.1) is 0 Å². The molecular formula is C6H11NO. The van der Waals surface area contributed by atoms with Crippen LogP contribution in [0.2, 0.25) is 0 Å². The predicted molar refractivity (Wildman–Crippen MR) is 33.8 cm³/mol. The maximum atomic E-state index is 4.81. The lowest BCUT2D eigenvalue weighted by molar-refractivity contribution is 0.222. The number of nitrogens with two attached hydrogens (primary N) is 1. The van der Waals surface area contributed by atoms with Crippen molar-refractivity contribution in [1.29, 1.82) is 0 Å². The Hall–Kier alpha value is -0.760. The van der Waals surface area contributed by atoms with Crippen molar-refractivity contribution in [1.82, 2.24) is 0 Å². The van der Waals surface area contributed by atoms with E-state index in [0.717, 1.165) is 5.57 Å². The molecule has 0 aromatic rings. The zero-order valence-corrected chi connectivity index (χ0v) is 5.27. The van der Waals surface area contributed by atoms with Crippen LogP contribution in [0.3, 0.4) is 0 Å². The number of allylic oxidation sites excluding steroid dienone is 3. The highest BCUT2D eigenvalue weighted by Crippen LogP contribution is 1.96. The van der Waals surface area contributed by atoms with Crippen molar-refractivity contribution in [3.63, 3.8) is 0 Å². The van der Waals surface area contributed by atoms with E-state index in [1.165, 1.54) is 0 Å². The van der Waals surface area contributed by atoms with Crippen LogP contribution in [0, 0.1) is 0 Å². The molecule has 0 amide bonds. The fourth-order valence-corrected chi connectivity index (χ4v) is 0.381. The van der Waals surface area contributed by atoms with Gasteiger partial charge in [-0.25, -0.2) is 0 Å². The van der Waals surface area contributed by atoms with Gasteiger partial charge >= 0.3 is 0 Å². The molecule has 0 rings (SSSR count). The Morgan fingerprint density at radius 3 is 2.25 bits per heavy atom. The molecule has 0 radical (unpaired) electrons. The van der Waals surface area contributed by atoms with Crippen molar-refractivity contribution >= 4 is 0 Å². The van der Waals surface area contributed by atoms with E-state index in [9.17, 15) is 0 Å². The second-order valence-corrected chi connectivity index (χ2v) is 1.72. The molecule has 0 fully saturated rings. The van der Waals surface area contributed by atoms with Gasteiger partial charge in [-0.3, -0.25) is 0 Å². The van der Waals surface area contributed by atoms with Crippen LogP contribution in [0.4, 0.5) is 0 Å². The third-order valence-corrected chi connectivity index (χ3v) is 0.636. The minimum absolute atomic E-state index is 0.678. The minimum Gasteiger partial charge on any atom is -0.416 e. The van der Waals surface area contributed by atoms with Crippen molar-refractivity contribution in [3.8, 4) is 0 Å². The van der Waals surface area contributed by atoms with E-state index < -0.39 is 0 Å². The van der Waals surface area contributed by atoms with Crippen molar-refractivity contribution in [3.05, 3.63) is 24.0 Å². The second-order valence-electron chi connectivity index (χ2n) is 1.72. The highest BCUT2D eigenvalue weighted by molar-refractivity contribution is 5.13. The molecule has 0 saturated heterocycles. The smallest absolute Gasteiger partial charge is 0.121 e. The van der Waals surface area contributed by atoms with Crippen LogP contribution in [0.1, 0.15) is 13.8 Å². The van der Waals surface area contributed by atoms with Crippen LogP contribution in [0.15, 0.2) is 24.0 Å². The van der Waals surface area contributed by atoms with Crippen LogP contribution < -0.4 is 5.90 Å². The van der Waals surface area contributed by atoms with Crippen molar-refractivity contribution < 1.29 is 4.84 Å². The van der Waals surface area contributed by atoms with Crippen molar-refractivity contribution in [2.45, 2.75) is 13.8 Å². The van der Waals surface area contributed by atoms with E-state index in [1.54, 1.807) is 13.0 Å². The van der Waals surface area contributed by atoms with E-state index in [4.69, 9.17) is 5.90 Å². The molecule has 2 heteroatoms. The summed E-state index contributed by atoms with van der Waals surface area (Å²) in [5.41, 5.74) is 0.938. The minimum atomic E-state index is 0.678. The molecule has 46 valence electrons. The summed E-state index contributed by atoms with van der Waals surface area (Å²) < 4.78 is 0. The van der Waals surface area contributed by atoms with E-state index in [2.05, 4.69) is 11.4 Å². The maximum absolute atomic E-state index is 4.81. The van der Waals surface area contributed by atoms with Gasteiger partial charge < -0.3 is 4.84 Å². The van der Waals surface area contributed by atoms with Crippen LogP contribution in [0.25, 0.3) is 0 Å².